The van der Waals surface area contributed by atoms with Gasteiger partial charge >= 0.3 is 6.09 Å². The van der Waals surface area contributed by atoms with Crippen LogP contribution in [0.4, 0.5) is 4.79 Å². The number of methoxy groups -OCH3 is 2. The number of carbonyl (C=O) groups is 2. The average Bonchev–Trinajstić information content (AvgIpc) is 3.08. The second-order valence-electron chi connectivity index (χ2n) is 10.5. The van der Waals surface area contributed by atoms with Crippen molar-refractivity contribution in [3.63, 3.8) is 0 Å². The number of nitrogens with one attached hydrogen (secondary N) is 1. The highest BCUT2D eigenvalue weighted by Crippen LogP contribution is 2.35. The SMILES string of the molecule is COc1cc(OC)nc([C@H](N[S@](=O)C(C)(C)C)[C@@H](C)C(=O)N2C(=O)OC(C)(C)[C@@H]2Cc2ccccc2)n1. The van der Waals surface area contributed by atoms with Crippen molar-refractivity contribution in [2.75, 3.05) is 14.2 Å². The van der Waals surface area contributed by atoms with E-state index in [4.69, 9.17) is 14.2 Å². The Morgan fingerprint density at radius 2 is 1.73 bits per heavy atom. The standard InChI is InChI=1S/C26H36N4O6S/c1-16(21(29-37(33)25(2,3)4)22-27-19(34-7)15-20(28-22)35-8)23(31)30-18(26(5,6)36-24(30)32)14-17-12-10-9-11-13-17/h9-13,15-16,18,21,29H,14H2,1-8H3/t16-,18+,21-,37-/m1/s1. The molecule has 1 aliphatic heterocycles. The summed E-state index contributed by atoms with van der Waals surface area (Å²) in [5, 5.41) is 0. The zero-order valence-electron chi connectivity index (χ0n) is 22.6. The van der Waals surface area contributed by atoms with Crippen molar-refractivity contribution in [2.45, 2.75) is 70.4 Å². The Hall–Kier alpha value is -3.05. The lowest BCUT2D eigenvalue weighted by atomic mass is 9.90. The minimum atomic E-state index is -1.59. The minimum Gasteiger partial charge on any atom is -0.481 e. The van der Waals surface area contributed by atoms with Crippen LogP contribution < -0.4 is 14.2 Å². The number of rotatable bonds is 9. The summed E-state index contributed by atoms with van der Waals surface area (Å²) in [6.07, 6.45) is -0.296. The van der Waals surface area contributed by atoms with Crippen LogP contribution in [0.3, 0.4) is 0 Å². The van der Waals surface area contributed by atoms with E-state index < -0.39 is 51.3 Å². The van der Waals surface area contributed by atoms with Crippen molar-refractivity contribution in [3.05, 3.63) is 47.8 Å². The molecule has 2 heterocycles. The predicted octanol–water partition coefficient (Wildman–Crippen LogP) is 3.59. The number of hydrogen-bond acceptors (Lipinski definition) is 8. The minimum absolute atomic E-state index is 0.154. The first-order valence-electron chi connectivity index (χ1n) is 12.0. The molecule has 1 aromatic carbocycles. The van der Waals surface area contributed by atoms with E-state index in [1.165, 1.54) is 25.2 Å². The molecule has 4 atom stereocenters. The number of nitrogens with zero attached hydrogens (tertiary/aromatic N) is 3. The molecule has 11 heteroatoms. The summed E-state index contributed by atoms with van der Waals surface area (Å²) in [6.45, 7) is 10.6. The third-order valence-corrected chi connectivity index (χ3v) is 7.82. The van der Waals surface area contributed by atoms with Gasteiger partial charge in [-0.3, -0.25) is 4.79 Å². The maximum atomic E-state index is 14.0. The Morgan fingerprint density at radius 3 is 2.24 bits per heavy atom. The van der Waals surface area contributed by atoms with E-state index in [1.807, 2.05) is 51.1 Å². The molecular formula is C26H36N4O6S. The normalized spacial score (nSPS) is 19.6. The van der Waals surface area contributed by atoms with Crippen LogP contribution in [0.1, 0.15) is 59.0 Å². The van der Waals surface area contributed by atoms with Crippen molar-refractivity contribution in [3.8, 4) is 11.8 Å². The molecular weight excluding hydrogens is 496 g/mol. The van der Waals surface area contributed by atoms with Crippen LogP contribution >= 0.6 is 0 Å². The molecule has 1 aromatic heterocycles. The molecule has 0 bridgehead atoms. The van der Waals surface area contributed by atoms with Gasteiger partial charge in [0.2, 0.25) is 17.7 Å². The zero-order chi connectivity index (χ0) is 27.5. The fraction of sp³-hybridized carbons (Fsp3) is 0.538. The van der Waals surface area contributed by atoms with Crippen LogP contribution in [0.25, 0.3) is 0 Å². The van der Waals surface area contributed by atoms with Crippen molar-refractivity contribution in [2.24, 2.45) is 5.92 Å². The summed E-state index contributed by atoms with van der Waals surface area (Å²) in [5.74, 6) is -0.800. The smallest absolute Gasteiger partial charge is 0.417 e. The summed E-state index contributed by atoms with van der Waals surface area (Å²) < 4.78 is 31.7. The number of cyclic esters (lactones) is 1. The molecule has 202 valence electrons. The van der Waals surface area contributed by atoms with Gasteiger partial charge < -0.3 is 14.2 Å². The lowest BCUT2D eigenvalue weighted by Crippen LogP contribution is -2.50. The predicted molar refractivity (Wildman–Crippen MR) is 139 cm³/mol. The van der Waals surface area contributed by atoms with E-state index in [1.54, 1.807) is 20.8 Å². The molecule has 0 unspecified atom stereocenters. The zero-order valence-corrected chi connectivity index (χ0v) is 23.4. The van der Waals surface area contributed by atoms with Crippen molar-refractivity contribution < 1.29 is 28.0 Å². The third kappa shape index (κ3) is 6.45. The van der Waals surface area contributed by atoms with Crippen molar-refractivity contribution >= 4 is 23.0 Å². The molecule has 0 radical (unpaired) electrons. The number of carbonyl (C=O) groups excluding carboxylic acids is 2. The highest BCUT2D eigenvalue weighted by Gasteiger charge is 2.52. The van der Waals surface area contributed by atoms with Crippen molar-refractivity contribution in [1.29, 1.82) is 0 Å². The first-order valence-corrected chi connectivity index (χ1v) is 13.2. The Kier molecular flexibility index (Phi) is 8.59. The molecule has 0 saturated carbocycles. The molecule has 2 aromatic rings. The highest BCUT2D eigenvalue weighted by atomic mass is 32.2. The number of hydrogen-bond donors (Lipinski definition) is 1. The molecule has 0 spiro atoms. The van der Waals surface area contributed by atoms with Crippen LogP contribution in [-0.2, 0) is 26.9 Å². The lowest BCUT2D eigenvalue weighted by molar-refractivity contribution is -0.134. The third-order valence-electron chi connectivity index (χ3n) is 6.24. The van der Waals surface area contributed by atoms with Crippen LogP contribution in [0.15, 0.2) is 36.4 Å². The van der Waals surface area contributed by atoms with E-state index in [-0.39, 0.29) is 17.6 Å². The molecule has 3 rings (SSSR count). The van der Waals surface area contributed by atoms with Crippen LogP contribution in [0.5, 0.6) is 11.8 Å². The molecule has 10 nitrogen and oxygen atoms in total. The largest absolute Gasteiger partial charge is 0.481 e. The second-order valence-corrected chi connectivity index (χ2v) is 12.5. The second kappa shape index (κ2) is 11.1. The molecule has 0 aliphatic carbocycles. The molecule has 1 saturated heterocycles. The monoisotopic (exact) mass is 532 g/mol. The maximum Gasteiger partial charge on any atom is 0.417 e. The van der Waals surface area contributed by atoms with Gasteiger partial charge in [-0.1, -0.05) is 37.3 Å². The Morgan fingerprint density at radius 1 is 1.16 bits per heavy atom. The fourth-order valence-electron chi connectivity index (χ4n) is 4.00. The van der Waals surface area contributed by atoms with Gasteiger partial charge in [-0.2, -0.15) is 9.97 Å². The van der Waals surface area contributed by atoms with E-state index in [2.05, 4.69) is 14.7 Å². The van der Waals surface area contributed by atoms with Gasteiger partial charge in [0.15, 0.2) is 5.82 Å². The molecule has 1 aliphatic rings. The fourth-order valence-corrected chi connectivity index (χ4v) is 4.89. The molecule has 1 fully saturated rings. The summed E-state index contributed by atoms with van der Waals surface area (Å²) in [5.41, 5.74) is 0.0588. The van der Waals surface area contributed by atoms with Gasteiger partial charge in [0.1, 0.15) is 5.60 Å². The van der Waals surface area contributed by atoms with Crippen LogP contribution in [0, 0.1) is 5.92 Å². The quantitative estimate of drug-likeness (QED) is 0.520. The number of benzene rings is 1. The number of imide groups is 1. The van der Waals surface area contributed by atoms with E-state index in [9.17, 15) is 13.8 Å². The summed E-state index contributed by atoms with van der Waals surface area (Å²) in [4.78, 5) is 37.0. The highest BCUT2D eigenvalue weighted by molar-refractivity contribution is 7.84. The maximum absolute atomic E-state index is 14.0. The Balaban J connectivity index is 2.02. The van der Waals surface area contributed by atoms with Gasteiger partial charge in [0.25, 0.3) is 0 Å². The van der Waals surface area contributed by atoms with E-state index in [0.717, 1.165) is 5.56 Å². The van der Waals surface area contributed by atoms with Crippen molar-refractivity contribution in [1.82, 2.24) is 19.6 Å². The van der Waals surface area contributed by atoms with Gasteiger partial charge in [-0.15, -0.1) is 0 Å². The van der Waals surface area contributed by atoms with Crippen LogP contribution in [0.2, 0.25) is 0 Å². The Bertz CT molecular complexity index is 1130. The first-order chi connectivity index (χ1) is 17.3. The number of aromatic nitrogens is 2. The Labute approximate surface area is 220 Å². The summed E-state index contributed by atoms with van der Waals surface area (Å²) in [6, 6.07) is 9.63. The van der Waals surface area contributed by atoms with Gasteiger partial charge in [0, 0.05) is 0 Å². The van der Waals surface area contributed by atoms with E-state index in [0.29, 0.717) is 6.42 Å². The van der Waals surface area contributed by atoms with Gasteiger partial charge in [-0.05, 0) is 46.6 Å². The number of amides is 2. The molecule has 37 heavy (non-hydrogen) atoms. The van der Waals surface area contributed by atoms with Gasteiger partial charge in [-0.25, -0.2) is 18.6 Å². The first kappa shape index (κ1) is 28.5. The summed E-state index contributed by atoms with van der Waals surface area (Å²) >= 11 is 0. The van der Waals surface area contributed by atoms with Crippen LogP contribution in [-0.4, -0.2) is 61.7 Å². The molecule has 1 N–H and O–H groups in total. The topological polar surface area (TPSA) is 120 Å². The number of ether oxygens (including phenoxy) is 3. The average molecular weight is 533 g/mol. The molecule has 2 amide bonds. The summed E-state index contributed by atoms with van der Waals surface area (Å²) in [7, 11) is 1.32. The lowest BCUT2D eigenvalue weighted by Gasteiger charge is -2.32. The van der Waals surface area contributed by atoms with Gasteiger partial charge in [0.05, 0.1) is 54.0 Å². The van der Waals surface area contributed by atoms with E-state index >= 15 is 0 Å².